The monoisotopic (exact) mass is 260 g/mol. The first-order valence-corrected chi connectivity index (χ1v) is 6.03. The highest BCUT2D eigenvalue weighted by Crippen LogP contribution is 2.17. The van der Waals surface area contributed by atoms with Crippen LogP contribution >= 0.6 is 12.2 Å². The molecule has 0 saturated heterocycles. The van der Waals surface area contributed by atoms with Crippen molar-refractivity contribution in [1.82, 2.24) is 19.7 Å². The molecule has 0 aromatic carbocycles. The van der Waals surface area contributed by atoms with Crippen molar-refractivity contribution < 1.29 is 0 Å². The summed E-state index contributed by atoms with van der Waals surface area (Å²) in [6.45, 7) is 2.44. The van der Waals surface area contributed by atoms with Gasteiger partial charge in [-0.2, -0.15) is 0 Å². The van der Waals surface area contributed by atoms with E-state index in [0.29, 0.717) is 17.2 Å². The predicted molar refractivity (Wildman–Crippen MR) is 71.2 cm³/mol. The molecule has 2 aromatic rings. The minimum absolute atomic E-state index is 0.317. The Morgan fingerprint density at radius 2 is 2.22 bits per heavy atom. The van der Waals surface area contributed by atoms with E-state index >= 15 is 0 Å². The van der Waals surface area contributed by atoms with Crippen molar-refractivity contribution in [2.45, 2.75) is 13.1 Å². The SMILES string of the molecule is NC(=S)c1cccc(N2CCn3cnnc3C2)n1. The molecular weight excluding hydrogens is 248 g/mol. The molecule has 7 heteroatoms. The summed E-state index contributed by atoms with van der Waals surface area (Å²) in [5, 5.41) is 7.99. The lowest BCUT2D eigenvalue weighted by molar-refractivity contribution is 0.556. The molecule has 0 saturated carbocycles. The third-order valence-corrected chi connectivity index (χ3v) is 3.16. The van der Waals surface area contributed by atoms with Gasteiger partial charge in [0.05, 0.1) is 12.2 Å². The van der Waals surface area contributed by atoms with Crippen LogP contribution in [0.5, 0.6) is 0 Å². The van der Waals surface area contributed by atoms with E-state index in [2.05, 4.69) is 20.1 Å². The molecule has 1 aliphatic heterocycles. The number of anilines is 1. The number of rotatable bonds is 2. The number of thiocarbonyl (C=S) groups is 1. The summed E-state index contributed by atoms with van der Waals surface area (Å²) in [5.41, 5.74) is 6.24. The molecule has 0 atom stereocenters. The zero-order valence-electron chi connectivity index (χ0n) is 9.65. The van der Waals surface area contributed by atoms with Gasteiger partial charge >= 0.3 is 0 Å². The van der Waals surface area contributed by atoms with Crippen LogP contribution in [-0.4, -0.2) is 31.3 Å². The number of aromatic nitrogens is 4. The van der Waals surface area contributed by atoms with Gasteiger partial charge < -0.3 is 15.2 Å². The molecule has 18 heavy (non-hydrogen) atoms. The maximum atomic E-state index is 5.60. The Hall–Kier alpha value is -2.02. The third-order valence-electron chi connectivity index (χ3n) is 2.95. The molecule has 0 aliphatic carbocycles. The van der Waals surface area contributed by atoms with Crippen LogP contribution < -0.4 is 10.6 Å². The van der Waals surface area contributed by atoms with E-state index in [4.69, 9.17) is 18.0 Å². The third kappa shape index (κ3) is 1.92. The second kappa shape index (κ2) is 4.34. The van der Waals surface area contributed by atoms with Crippen molar-refractivity contribution in [3.8, 4) is 0 Å². The fourth-order valence-corrected chi connectivity index (χ4v) is 2.11. The van der Waals surface area contributed by atoms with E-state index < -0.39 is 0 Å². The largest absolute Gasteiger partial charge is 0.388 e. The van der Waals surface area contributed by atoms with Gasteiger partial charge in [0, 0.05) is 13.1 Å². The molecule has 3 rings (SSSR count). The summed E-state index contributed by atoms with van der Waals surface area (Å²) >= 11 is 4.94. The highest BCUT2D eigenvalue weighted by atomic mass is 32.1. The van der Waals surface area contributed by atoms with Gasteiger partial charge in [-0.25, -0.2) is 4.98 Å². The standard InChI is InChI=1S/C11H12N6S/c12-11(18)8-2-1-3-9(14-8)16-4-5-17-7-13-15-10(17)6-16/h1-3,7H,4-6H2,(H2,12,18). The highest BCUT2D eigenvalue weighted by molar-refractivity contribution is 7.80. The molecule has 0 unspecified atom stereocenters. The first-order chi connectivity index (χ1) is 8.74. The maximum Gasteiger partial charge on any atom is 0.152 e. The van der Waals surface area contributed by atoms with Crippen molar-refractivity contribution in [2.75, 3.05) is 11.4 Å². The lowest BCUT2D eigenvalue weighted by Gasteiger charge is -2.28. The number of nitrogens with two attached hydrogens (primary N) is 1. The van der Waals surface area contributed by atoms with Crippen molar-refractivity contribution in [3.05, 3.63) is 36.0 Å². The van der Waals surface area contributed by atoms with Crippen molar-refractivity contribution in [2.24, 2.45) is 5.73 Å². The Bertz CT molecular complexity index is 593. The number of pyridine rings is 1. The van der Waals surface area contributed by atoms with E-state index in [1.807, 2.05) is 22.8 Å². The summed E-state index contributed by atoms with van der Waals surface area (Å²) in [6.07, 6.45) is 1.76. The van der Waals surface area contributed by atoms with Crippen molar-refractivity contribution in [1.29, 1.82) is 0 Å². The first-order valence-electron chi connectivity index (χ1n) is 5.62. The molecule has 0 fully saturated rings. The Morgan fingerprint density at radius 3 is 3.06 bits per heavy atom. The molecule has 2 N–H and O–H groups in total. The first kappa shape index (κ1) is 11.1. The van der Waals surface area contributed by atoms with Gasteiger partial charge in [-0.3, -0.25) is 0 Å². The average Bonchev–Trinajstić information content (AvgIpc) is 2.86. The van der Waals surface area contributed by atoms with Gasteiger partial charge in [0.2, 0.25) is 0 Å². The molecule has 1 aliphatic rings. The lowest BCUT2D eigenvalue weighted by Crippen LogP contribution is -2.34. The normalized spacial score (nSPS) is 14.3. The Kier molecular flexibility index (Phi) is 2.67. The fraction of sp³-hybridized carbons (Fsp3) is 0.273. The van der Waals surface area contributed by atoms with Gasteiger partial charge in [0.25, 0.3) is 0 Å². The minimum atomic E-state index is 0.317. The summed E-state index contributed by atoms with van der Waals surface area (Å²) in [7, 11) is 0. The summed E-state index contributed by atoms with van der Waals surface area (Å²) in [5.74, 6) is 1.82. The Morgan fingerprint density at radius 1 is 1.33 bits per heavy atom. The zero-order chi connectivity index (χ0) is 12.5. The second-order valence-corrected chi connectivity index (χ2v) is 4.55. The molecule has 0 spiro atoms. The second-order valence-electron chi connectivity index (χ2n) is 4.11. The van der Waals surface area contributed by atoms with Crippen LogP contribution in [0, 0.1) is 0 Å². The predicted octanol–water partition coefficient (Wildman–Crippen LogP) is 0.327. The van der Waals surface area contributed by atoms with Crippen LogP contribution in [0.4, 0.5) is 5.82 Å². The summed E-state index contributed by atoms with van der Waals surface area (Å²) in [4.78, 5) is 6.92. The van der Waals surface area contributed by atoms with Crippen LogP contribution in [-0.2, 0) is 13.1 Å². The summed E-state index contributed by atoms with van der Waals surface area (Å²) < 4.78 is 2.05. The van der Waals surface area contributed by atoms with E-state index in [-0.39, 0.29) is 0 Å². The molecule has 0 radical (unpaired) electrons. The van der Waals surface area contributed by atoms with Crippen LogP contribution in [0.25, 0.3) is 0 Å². The van der Waals surface area contributed by atoms with E-state index in [1.54, 1.807) is 6.33 Å². The van der Waals surface area contributed by atoms with E-state index in [0.717, 1.165) is 24.7 Å². The zero-order valence-corrected chi connectivity index (χ0v) is 10.5. The number of hydrogen-bond acceptors (Lipinski definition) is 5. The van der Waals surface area contributed by atoms with E-state index in [1.165, 1.54) is 0 Å². The molecular formula is C11H12N6S. The van der Waals surface area contributed by atoms with Crippen LogP contribution in [0.2, 0.25) is 0 Å². The van der Waals surface area contributed by atoms with E-state index in [9.17, 15) is 0 Å². The number of nitrogens with zero attached hydrogens (tertiary/aromatic N) is 5. The van der Waals surface area contributed by atoms with Gasteiger partial charge in [0.1, 0.15) is 17.1 Å². The average molecular weight is 260 g/mol. The fourth-order valence-electron chi connectivity index (χ4n) is 2.00. The van der Waals surface area contributed by atoms with Gasteiger partial charge in [0.15, 0.2) is 5.82 Å². The molecule has 92 valence electrons. The number of hydrogen-bond donors (Lipinski definition) is 1. The lowest BCUT2D eigenvalue weighted by atomic mass is 10.3. The highest BCUT2D eigenvalue weighted by Gasteiger charge is 2.18. The van der Waals surface area contributed by atoms with Crippen LogP contribution in [0.15, 0.2) is 24.5 Å². The van der Waals surface area contributed by atoms with Crippen molar-refractivity contribution >= 4 is 23.0 Å². The van der Waals surface area contributed by atoms with Crippen LogP contribution in [0.3, 0.4) is 0 Å². The maximum absolute atomic E-state index is 5.60. The molecule has 6 nitrogen and oxygen atoms in total. The Labute approximate surface area is 109 Å². The quantitative estimate of drug-likeness (QED) is 0.784. The number of fused-ring (bicyclic) bond motifs is 1. The Balaban J connectivity index is 1.88. The molecule has 2 aromatic heterocycles. The minimum Gasteiger partial charge on any atom is -0.388 e. The van der Waals surface area contributed by atoms with Gasteiger partial charge in [-0.15, -0.1) is 10.2 Å². The smallest absolute Gasteiger partial charge is 0.152 e. The molecule has 0 amide bonds. The molecule has 0 bridgehead atoms. The molecule has 3 heterocycles. The van der Waals surface area contributed by atoms with Crippen molar-refractivity contribution in [3.63, 3.8) is 0 Å². The van der Waals surface area contributed by atoms with Gasteiger partial charge in [-0.1, -0.05) is 18.3 Å². The summed E-state index contributed by atoms with van der Waals surface area (Å²) in [6, 6.07) is 5.68. The van der Waals surface area contributed by atoms with Crippen LogP contribution in [0.1, 0.15) is 11.5 Å². The van der Waals surface area contributed by atoms with Gasteiger partial charge in [-0.05, 0) is 12.1 Å². The topological polar surface area (TPSA) is 72.9 Å².